The molecule has 0 spiro atoms. The van der Waals surface area contributed by atoms with E-state index in [0.29, 0.717) is 16.8 Å². The summed E-state index contributed by atoms with van der Waals surface area (Å²) in [5.74, 6) is -0.425. The van der Waals surface area contributed by atoms with Gasteiger partial charge >= 0.3 is 5.76 Å². The first-order valence-electron chi connectivity index (χ1n) is 9.34. The van der Waals surface area contributed by atoms with Crippen LogP contribution >= 0.6 is 27.7 Å². The van der Waals surface area contributed by atoms with E-state index in [1.165, 1.54) is 18.5 Å². The molecule has 4 unspecified atom stereocenters. The Hall–Kier alpha value is -1.74. The summed E-state index contributed by atoms with van der Waals surface area (Å²) in [5.41, 5.74) is 0.536. The molecule has 0 saturated heterocycles. The predicted octanol–water partition coefficient (Wildman–Crippen LogP) is 3.19. The molecule has 6 nitrogen and oxygen atoms in total. The Labute approximate surface area is 187 Å². The number of hydrogen-bond donors (Lipinski definition) is 0. The quantitative estimate of drug-likeness (QED) is 0.387. The minimum atomic E-state index is -2.03. The van der Waals surface area contributed by atoms with Crippen molar-refractivity contribution in [3.05, 3.63) is 53.0 Å². The summed E-state index contributed by atoms with van der Waals surface area (Å²) >= 11 is 0. The van der Waals surface area contributed by atoms with Crippen LogP contribution in [0.1, 0.15) is 6.92 Å². The van der Waals surface area contributed by atoms with Gasteiger partial charge in [0.2, 0.25) is 5.91 Å². The summed E-state index contributed by atoms with van der Waals surface area (Å²) in [7, 11) is 14.4. The first kappa shape index (κ1) is 23.9. The number of rotatable bonds is 7. The summed E-state index contributed by atoms with van der Waals surface area (Å²) in [6.45, 7) is 0.601. The zero-order chi connectivity index (χ0) is 23.0. The van der Waals surface area contributed by atoms with E-state index in [2.05, 4.69) is 27.7 Å². The van der Waals surface area contributed by atoms with Gasteiger partial charge in [-0.25, -0.2) is 4.79 Å². The van der Waals surface area contributed by atoms with E-state index in [4.69, 9.17) is 17.0 Å². The molecule has 0 aliphatic rings. The topological polar surface area (TPSA) is 64.7 Å². The molecule has 0 bridgehead atoms. The second-order valence-electron chi connectivity index (χ2n) is 7.64. The maximum Gasteiger partial charge on any atom is 0.420 e. The van der Waals surface area contributed by atoms with Crippen molar-refractivity contribution in [2.75, 3.05) is 13.6 Å². The lowest BCUT2D eigenvalue weighted by atomic mass is 9.85. The molecule has 11 heteroatoms. The van der Waals surface area contributed by atoms with Crippen molar-refractivity contribution in [3.8, 4) is 16.9 Å². The Kier molecular flexibility index (Phi) is 6.96. The molecule has 0 N–H and O–H groups in total. The zero-order valence-electron chi connectivity index (χ0n) is 17.2. The average molecular weight is 478 g/mol. The van der Waals surface area contributed by atoms with Crippen LogP contribution in [-0.4, -0.2) is 47.2 Å². The number of alkyl halides is 1. The first-order chi connectivity index (χ1) is 14.3. The van der Waals surface area contributed by atoms with E-state index in [1.807, 2.05) is 30.3 Å². The van der Waals surface area contributed by atoms with Crippen molar-refractivity contribution in [2.45, 2.75) is 23.9 Å². The smallest absolute Gasteiger partial charge is 0.420 e. The van der Waals surface area contributed by atoms with Crippen LogP contribution in [0.4, 0.5) is 4.39 Å². The molecule has 162 valence electrons. The summed E-state index contributed by atoms with van der Waals surface area (Å²) in [6, 6.07) is 12.8. The minimum Gasteiger partial charge on any atom is -0.476 e. The third kappa shape index (κ3) is 6.38. The standard InChI is InChI=1S/C20H23BFN2O4P3/c1-19(21,22)11-23(2)17(25)10-24-15-9-13(5-8-16(15)27-18(24)26)12-3-6-14(7-4-12)28-20(29,30)31/h3-9H,10-11,29-31H2,1-2H3. The van der Waals surface area contributed by atoms with Crippen molar-refractivity contribution in [3.63, 3.8) is 0 Å². The summed E-state index contributed by atoms with van der Waals surface area (Å²) in [5, 5.41) is 0. The SMILES string of the molecule is [B]C(C)(F)CN(C)C(=O)Cn1c(=O)oc2ccc(-c3ccc(OC(P)(P)P)cc3)cc21. The van der Waals surface area contributed by atoms with Gasteiger partial charge in [0.15, 0.2) is 5.58 Å². The number of amides is 1. The molecule has 2 radical (unpaired) electrons. The number of fused-ring (bicyclic) bond motifs is 1. The van der Waals surface area contributed by atoms with Crippen molar-refractivity contribution < 1.29 is 18.3 Å². The molecule has 0 saturated carbocycles. The fourth-order valence-corrected chi connectivity index (χ4v) is 3.53. The molecule has 1 heterocycles. The highest BCUT2D eigenvalue weighted by atomic mass is 31.1. The Morgan fingerprint density at radius 1 is 1.19 bits per heavy atom. The molecule has 1 aromatic heterocycles. The van der Waals surface area contributed by atoms with E-state index in [1.54, 1.807) is 12.1 Å². The van der Waals surface area contributed by atoms with Crippen molar-refractivity contribution in [2.24, 2.45) is 0 Å². The number of halogens is 1. The number of nitrogens with zero attached hydrogens (tertiary/aromatic N) is 2. The Morgan fingerprint density at radius 2 is 1.81 bits per heavy atom. The van der Waals surface area contributed by atoms with Gasteiger partial charge in [-0.3, -0.25) is 13.8 Å². The number of ether oxygens (including phenoxy) is 1. The van der Waals surface area contributed by atoms with Crippen LogP contribution in [0.2, 0.25) is 0 Å². The molecule has 1 amide bonds. The molecule has 0 aliphatic heterocycles. The van der Waals surface area contributed by atoms with Gasteiger partial charge in [-0.1, -0.05) is 45.9 Å². The van der Waals surface area contributed by atoms with Gasteiger partial charge in [-0.15, -0.1) is 0 Å². The van der Waals surface area contributed by atoms with E-state index >= 15 is 0 Å². The Balaban J connectivity index is 1.89. The molecule has 0 aliphatic carbocycles. The first-order valence-corrected chi connectivity index (χ1v) is 11.1. The number of carbonyl (C=O) groups excluding carboxylic acids is 1. The average Bonchev–Trinajstić information content (AvgIpc) is 2.94. The molecule has 3 rings (SSSR count). The van der Waals surface area contributed by atoms with Crippen LogP contribution in [0.3, 0.4) is 0 Å². The van der Waals surface area contributed by atoms with Gasteiger partial charge < -0.3 is 14.1 Å². The molecular formula is C20H23BFN2O4P3. The summed E-state index contributed by atoms with van der Waals surface area (Å²) in [6.07, 6.45) is 0. The molecule has 4 atom stereocenters. The van der Waals surface area contributed by atoms with Crippen LogP contribution in [0.5, 0.6) is 5.75 Å². The number of likely N-dealkylation sites (N-methyl/N-ethyl adjacent to an activating group) is 1. The molecule has 3 aromatic rings. The second-order valence-corrected chi connectivity index (χ2v) is 12.4. The van der Waals surface area contributed by atoms with Crippen LogP contribution in [-0.2, 0) is 11.3 Å². The van der Waals surface area contributed by atoms with Crippen LogP contribution in [0.25, 0.3) is 22.2 Å². The Morgan fingerprint density at radius 3 is 2.39 bits per heavy atom. The summed E-state index contributed by atoms with van der Waals surface area (Å²) < 4.78 is 25.9. The normalized spacial score (nSPS) is 13.7. The third-order valence-electron chi connectivity index (χ3n) is 4.42. The van der Waals surface area contributed by atoms with E-state index in [0.717, 1.165) is 16.0 Å². The van der Waals surface area contributed by atoms with Crippen molar-refractivity contribution >= 4 is 52.6 Å². The van der Waals surface area contributed by atoms with Crippen LogP contribution < -0.4 is 10.5 Å². The maximum absolute atomic E-state index is 13.7. The lowest BCUT2D eigenvalue weighted by Gasteiger charge is -2.24. The van der Waals surface area contributed by atoms with Gasteiger partial charge in [0.05, 0.1) is 11.1 Å². The highest BCUT2D eigenvalue weighted by Crippen LogP contribution is 2.37. The van der Waals surface area contributed by atoms with Crippen molar-refractivity contribution in [1.29, 1.82) is 0 Å². The maximum atomic E-state index is 13.7. The number of benzene rings is 2. The van der Waals surface area contributed by atoms with Gasteiger partial charge in [0, 0.05) is 13.6 Å². The lowest BCUT2D eigenvalue weighted by molar-refractivity contribution is -0.131. The summed E-state index contributed by atoms with van der Waals surface area (Å²) in [4.78, 5) is 25.4. The largest absolute Gasteiger partial charge is 0.476 e. The minimum absolute atomic E-state index is 0.284. The molecule has 31 heavy (non-hydrogen) atoms. The van der Waals surface area contributed by atoms with E-state index < -0.39 is 22.1 Å². The third-order valence-corrected chi connectivity index (χ3v) is 4.77. The van der Waals surface area contributed by atoms with Gasteiger partial charge in [-0.05, 0) is 42.3 Å². The molecular weight excluding hydrogens is 455 g/mol. The van der Waals surface area contributed by atoms with Crippen LogP contribution in [0.15, 0.2) is 51.7 Å². The lowest BCUT2D eigenvalue weighted by Crippen LogP contribution is -2.41. The fourth-order valence-electron chi connectivity index (χ4n) is 3.12. The van der Waals surface area contributed by atoms with Crippen molar-refractivity contribution in [1.82, 2.24) is 9.47 Å². The predicted molar refractivity (Wildman–Crippen MR) is 131 cm³/mol. The highest BCUT2D eigenvalue weighted by Gasteiger charge is 2.22. The van der Waals surface area contributed by atoms with Gasteiger partial charge in [0.1, 0.15) is 25.0 Å². The number of aromatic nitrogens is 1. The highest BCUT2D eigenvalue weighted by molar-refractivity contribution is 7.56. The number of hydrogen-bond acceptors (Lipinski definition) is 4. The Bertz CT molecular complexity index is 1150. The fraction of sp³-hybridized carbons (Fsp3) is 0.300. The van der Waals surface area contributed by atoms with Crippen LogP contribution in [0, 0.1) is 0 Å². The zero-order valence-corrected chi connectivity index (χ0v) is 20.6. The number of oxazole rings is 1. The molecule has 0 fully saturated rings. The van der Waals surface area contributed by atoms with Gasteiger partial charge in [-0.2, -0.15) is 0 Å². The number of carbonyl (C=O) groups is 1. The monoisotopic (exact) mass is 478 g/mol. The molecule has 2 aromatic carbocycles. The van der Waals surface area contributed by atoms with E-state index in [-0.39, 0.29) is 13.1 Å². The second kappa shape index (κ2) is 9.02. The van der Waals surface area contributed by atoms with Gasteiger partial charge in [0.25, 0.3) is 0 Å². The van der Waals surface area contributed by atoms with E-state index in [9.17, 15) is 14.0 Å².